The van der Waals surface area contributed by atoms with Crippen molar-refractivity contribution in [3.63, 3.8) is 0 Å². The zero-order valence-corrected chi connectivity index (χ0v) is 6.33. The van der Waals surface area contributed by atoms with Crippen LogP contribution >= 0.6 is 0 Å². The van der Waals surface area contributed by atoms with Crippen molar-refractivity contribution < 1.29 is 0 Å². The lowest BCUT2D eigenvalue weighted by atomic mass is 10.5. The summed E-state index contributed by atoms with van der Waals surface area (Å²) < 4.78 is 1.80. The molecule has 0 aromatic carbocycles. The first-order valence-electron chi connectivity index (χ1n) is 3.28. The minimum Gasteiger partial charge on any atom is -0.307 e. The molecule has 0 saturated heterocycles. The van der Waals surface area contributed by atoms with Gasteiger partial charge in [0, 0.05) is 12.4 Å². The Balaban J connectivity index is 3.21. The minimum atomic E-state index is 0.787. The molecule has 1 heterocycles. The third-order valence-electron chi connectivity index (χ3n) is 1.37. The number of rotatable bonds is 3. The first-order chi connectivity index (χ1) is 5.31. The predicted octanol–water partition coefficient (Wildman–Crippen LogP) is 2.27. The molecule has 2 heteroatoms. The Kier molecular flexibility index (Phi) is 2.06. The van der Waals surface area contributed by atoms with Crippen LogP contribution in [0.4, 0.5) is 0 Å². The van der Waals surface area contributed by atoms with Crippen LogP contribution in [0.1, 0.15) is 11.5 Å². The SMILES string of the molecule is C=Cc1cn(C=C)c(C=C)n1. The second-order valence-electron chi connectivity index (χ2n) is 2.02. The Bertz CT molecular complexity index is 269. The molecule has 0 saturated carbocycles. The first-order valence-corrected chi connectivity index (χ1v) is 3.28. The highest BCUT2D eigenvalue weighted by Gasteiger charge is 1.97. The minimum absolute atomic E-state index is 0.787. The number of aromatic nitrogens is 2. The van der Waals surface area contributed by atoms with Crippen molar-refractivity contribution >= 4 is 18.4 Å². The van der Waals surface area contributed by atoms with E-state index in [1.165, 1.54) is 0 Å². The molecular weight excluding hydrogens is 136 g/mol. The zero-order chi connectivity index (χ0) is 8.27. The summed E-state index contributed by atoms with van der Waals surface area (Å²) in [6.45, 7) is 10.9. The third-order valence-corrected chi connectivity index (χ3v) is 1.37. The van der Waals surface area contributed by atoms with E-state index in [1.807, 2.05) is 6.20 Å². The maximum absolute atomic E-state index is 4.17. The monoisotopic (exact) mass is 146 g/mol. The summed E-state index contributed by atoms with van der Waals surface area (Å²) in [6.07, 6.45) is 6.88. The highest BCUT2D eigenvalue weighted by molar-refractivity contribution is 5.49. The van der Waals surface area contributed by atoms with Crippen LogP contribution in [0.3, 0.4) is 0 Å². The van der Waals surface area contributed by atoms with Gasteiger partial charge in [-0.25, -0.2) is 4.98 Å². The molecule has 0 unspecified atom stereocenters. The van der Waals surface area contributed by atoms with E-state index in [1.54, 1.807) is 22.9 Å². The molecule has 0 aliphatic rings. The van der Waals surface area contributed by atoms with Crippen LogP contribution in [0.15, 0.2) is 25.9 Å². The first kappa shape index (κ1) is 7.54. The molecule has 0 amide bonds. The summed E-state index contributed by atoms with van der Waals surface area (Å²) >= 11 is 0. The highest BCUT2D eigenvalue weighted by Crippen LogP contribution is 2.05. The largest absolute Gasteiger partial charge is 0.307 e. The van der Waals surface area contributed by atoms with Crippen LogP contribution in [0.2, 0.25) is 0 Å². The molecule has 2 nitrogen and oxygen atoms in total. The van der Waals surface area contributed by atoms with Gasteiger partial charge in [0.2, 0.25) is 0 Å². The van der Waals surface area contributed by atoms with Gasteiger partial charge < -0.3 is 4.57 Å². The molecule has 0 fully saturated rings. The second-order valence-corrected chi connectivity index (χ2v) is 2.02. The van der Waals surface area contributed by atoms with E-state index >= 15 is 0 Å². The quantitative estimate of drug-likeness (QED) is 0.639. The van der Waals surface area contributed by atoms with Crippen molar-refractivity contribution in [3.05, 3.63) is 37.5 Å². The maximum Gasteiger partial charge on any atom is 0.136 e. The van der Waals surface area contributed by atoms with Crippen molar-refractivity contribution in [2.45, 2.75) is 0 Å². The van der Waals surface area contributed by atoms with E-state index in [-0.39, 0.29) is 0 Å². The predicted molar refractivity (Wildman–Crippen MR) is 48.8 cm³/mol. The summed E-state index contributed by atoms with van der Waals surface area (Å²) in [5.41, 5.74) is 0.833. The fraction of sp³-hybridized carbons (Fsp3) is 0. The molecule has 1 rings (SSSR count). The number of hydrogen-bond acceptors (Lipinski definition) is 1. The molecule has 1 aromatic heterocycles. The third kappa shape index (κ3) is 1.29. The maximum atomic E-state index is 4.17. The Morgan fingerprint density at radius 2 is 2.00 bits per heavy atom. The van der Waals surface area contributed by atoms with Crippen LogP contribution in [-0.4, -0.2) is 9.55 Å². The molecule has 0 bridgehead atoms. The molecule has 1 aromatic rings. The van der Waals surface area contributed by atoms with Gasteiger partial charge in [-0.1, -0.05) is 19.7 Å². The van der Waals surface area contributed by atoms with Gasteiger partial charge in [0.1, 0.15) is 5.82 Å². The van der Waals surface area contributed by atoms with Crippen molar-refractivity contribution in [1.29, 1.82) is 0 Å². The molecule has 0 aliphatic heterocycles. The van der Waals surface area contributed by atoms with Crippen LogP contribution in [0.25, 0.3) is 18.4 Å². The number of imidazole rings is 1. The lowest BCUT2D eigenvalue weighted by Gasteiger charge is -1.91. The molecular formula is C9H10N2. The Morgan fingerprint density at radius 1 is 1.27 bits per heavy atom. The molecule has 0 N–H and O–H groups in total. The fourth-order valence-electron chi connectivity index (χ4n) is 0.823. The van der Waals surface area contributed by atoms with Crippen molar-refractivity contribution in [3.8, 4) is 0 Å². The van der Waals surface area contributed by atoms with E-state index in [0.29, 0.717) is 0 Å². The Labute approximate surface area is 66.2 Å². The van der Waals surface area contributed by atoms with Crippen LogP contribution in [0.5, 0.6) is 0 Å². The topological polar surface area (TPSA) is 17.8 Å². The van der Waals surface area contributed by atoms with Gasteiger partial charge in [-0.15, -0.1) is 0 Å². The van der Waals surface area contributed by atoms with E-state index in [4.69, 9.17) is 0 Å². The number of nitrogens with zero attached hydrogens (tertiary/aromatic N) is 2. The zero-order valence-electron chi connectivity index (χ0n) is 6.33. The molecule has 0 atom stereocenters. The van der Waals surface area contributed by atoms with Gasteiger partial charge in [-0.05, 0) is 12.2 Å². The van der Waals surface area contributed by atoms with E-state index in [9.17, 15) is 0 Å². The Hall–Kier alpha value is -1.57. The summed E-state index contributed by atoms with van der Waals surface area (Å²) in [4.78, 5) is 4.17. The van der Waals surface area contributed by atoms with Crippen LogP contribution in [-0.2, 0) is 0 Å². The van der Waals surface area contributed by atoms with Crippen LogP contribution < -0.4 is 0 Å². The van der Waals surface area contributed by atoms with Gasteiger partial charge in [-0.3, -0.25) is 0 Å². The average Bonchev–Trinajstić information content (AvgIpc) is 2.46. The fourth-order valence-corrected chi connectivity index (χ4v) is 0.823. The standard InChI is InChI=1S/C9H10N2/c1-4-8-7-11(6-3)9(5-2)10-8/h4-7H,1-3H2. The van der Waals surface area contributed by atoms with Crippen molar-refractivity contribution in [2.24, 2.45) is 0 Å². The van der Waals surface area contributed by atoms with Gasteiger partial charge in [0.05, 0.1) is 5.69 Å². The molecule has 0 spiro atoms. The van der Waals surface area contributed by atoms with Gasteiger partial charge in [0.15, 0.2) is 0 Å². The summed E-state index contributed by atoms with van der Waals surface area (Å²) in [5.74, 6) is 0.787. The average molecular weight is 146 g/mol. The summed E-state index contributed by atoms with van der Waals surface area (Å²) in [5, 5.41) is 0. The lowest BCUT2D eigenvalue weighted by Crippen LogP contribution is -1.85. The molecule has 56 valence electrons. The van der Waals surface area contributed by atoms with E-state index < -0.39 is 0 Å². The smallest absolute Gasteiger partial charge is 0.136 e. The molecule has 0 aliphatic carbocycles. The molecule has 0 radical (unpaired) electrons. The normalized spacial score (nSPS) is 9.09. The van der Waals surface area contributed by atoms with Crippen molar-refractivity contribution in [2.75, 3.05) is 0 Å². The summed E-state index contributed by atoms with van der Waals surface area (Å²) in [6, 6.07) is 0. The number of hydrogen-bond donors (Lipinski definition) is 0. The van der Waals surface area contributed by atoms with E-state index in [0.717, 1.165) is 11.5 Å². The highest BCUT2D eigenvalue weighted by atomic mass is 15.0. The lowest BCUT2D eigenvalue weighted by molar-refractivity contribution is 1.11. The van der Waals surface area contributed by atoms with Gasteiger partial charge in [-0.2, -0.15) is 0 Å². The molecule has 11 heavy (non-hydrogen) atoms. The van der Waals surface area contributed by atoms with Gasteiger partial charge in [0.25, 0.3) is 0 Å². The Morgan fingerprint density at radius 3 is 2.36 bits per heavy atom. The van der Waals surface area contributed by atoms with Gasteiger partial charge >= 0.3 is 0 Å². The second kappa shape index (κ2) is 3.01. The van der Waals surface area contributed by atoms with Crippen LogP contribution in [0, 0.1) is 0 Å². The summed E-state index contributed by atoms with van der Waals surface area (Å²) in [7, 11) is 0. The van der Waals surface area contributed by atoms with Crippen molar-refractivity contribution in [1.82, 2.24) is 9.55 Å². The van der Waals surface area contributed by atoms with E-state index in [2.05, 4.69) is 24.7 Å².